The minimum Gasteiger partial charge on any atom is -0.352 e. The monoisotopic (exact) mass is 274 g/mol. The van der Waals surface area contributed by atoms with Gasteiger partial charge in [-0.15, -0.1) is 0 Å². The predicted molar refractivity (Wildman–Crippen MR) is 80.8 cm³/mol. The predicted octanol–water partition coefficient (Wildman–Crippen LogP) is 2.02. The van der Waals surface area contributed by atoms with Crippen molar-refractivity contribution in [2.75, 3.05) is 26.2 Å². The van der Waals surface area contributed by atoms with Crippen molar-refractivity contribution in [1.82, 2.24) is 20.4 Å². The molecular weight excluding hydrogens is 252 g/mol. The number of H-pyrrole nitrogens is 1. The fraction of sp³-hybridized carbons (Fsp3) is 0.467. The van der Waals surface area contributed by atoms with Crippen molar-refractivity contribution in [1.29, 1.82) is 0 Å². The van der Waals surface area contributed by atoms with Gasteiger partial charge in [0.15, 0.2) is 0 Å². The topological polar surface area (TPSA) is 61.0 Å². The molecule has 0 aliphatic rings. The van der Waals surface area contributed by atoms with Crippen LogP contribution in [0.25, 0.3) is 10.9 Å². The molecule has 0 saturated heterocycles. The fourth-order valence-corrected chi connectivity index (χ4v) is 2.22. The number of rotatable bonds is 7. The first-order chi connectivity index (χ1) is 9.74. The molecule has 5 heteroatoms. The molecule has 2 aromatic rings. The van der Waals surface area contributed by atoms with E-state index in [4.69, 9.17) is 0 Å². The van der Waals surface area contributed by atoms with Gasteiger partial charge in [0.05, 0.1) is 11.7 Å². The highest BCUT2D eigenvalue weighted by Gasteiger charge is 2.07. The minimum atomic E-state index is -0.0268. The lowest BCUT2D eigenvalue weighted by Gasteiger charge is -2.17. The smallest absolute Gasteiger partial charge is 0.251 e. The number of fused-ring (bicyclic) bond motifs is 1. The number of aromatic nitrogens is 2. The second-order valence-electron chi connectivity index (χ2n) is 4.81. The number of aromatic amines is 1. The number of amides is 1. The first-order valence-electron chi connectivity index (χ1n) is 7.18. The number of nitrogens with one attached hydrogen (secondary N) is 2. The lowest BCUT2D eigenvalue weighted by atomic mass is 10.1. The fourth-order valence-electron chi connectivity index (χ4n) is 2.22. The molecule has 0 atom stereocenters. The quantitative estimate of drug-likeness (QED) is 0.759. The van der Waals surface area contributed by atoms with Crippen LogP contribution in [0.5, 0.6) is 0 Å². The molecule has 5 nitrogen and oxygen atoms in total. The van der Waals surface area contributed by atoms with E-state index in [1.807, 2.05) is 18.2 Å². The number of carbonyl (C=O) groups excluding carboxylic acids is 1. The number of hydrogen-bond acceptors (Lipinski definition) is 3. The lowest BCUT2D eigenvalue weighted by Crippen LogP contribution is -2.29. The number of nitrogens with zero attached hydrogens (tertiary/aromatic N) is 2. The summed E-state index contributed by atoms with van der Waals surface area (Å²) in [4.78, 5) is 14.4. The maximum absolute atomic E-state index is 12.0. The van der Waals surface area contributed by atoms with Crippen LogP contribution in [0.15, 0.2) is 24.4 Å². The Morgan fingerprint density at radius 1 is 1.35 bits per heavy atom. The normalized spacial score (nSPS) is 11.2. The van der Waals surface area contributed by atoms with E-state index < -0.39 is 0 Å². The van der Waals surface area contributed by atoms with Gasteiger partial charge in [0.25, 0.3) is 5.91 Å². The maximum atomic E-state index is 12.0. The summed E-state index contributed by atoms with van der Waals surface area (Å²) < 4.78 is 0. The summed E-state index contributed by atoms with van der Waals surface area (Å²) in [5.74, 6) is -0.0268. The van der Waals surface area contributed by atoms with Crippen LogP contribution in [0.4, 0.5) is 0 Å². The van der Waals surface area contributed by atoms with Gasteiger partial charge < -0.3 is 10.2 Å². The second-order valence-corrected chi connectivity index (χ2v) is 4.81. The molecule has 2 N–H and O–H groups in total. The van der Waals surface area contributed by atoms with Crippen LogP contribution in [0.2, 0.25) is 0 Å². The zero-order chi connectivity index (χ0) is 14.4. The Hall–Kier alpha value is -1.88. The molecule has 0 fully saturated rings. The van der Waals surface area contributed by atoms with Gasteiger partial charge in [-0.25, -0.2) is 0 Å². The summed E-state index contributed by atoms with van der Waals surface area (Å²) in [6, 6.07) is 5.57. The van der Waals surface area contributed by atoms with Crippen LogP contribution < -0.4 is 5.32 Å². The van der Waals surface area contributed by atoms with Gasteiger partial charge in [0.1, 0.15) is 0 Å². The largest absolute Gasteiger partial charge is 0.352 e. The summed E-state index contributed by atoms with van der Waals surface area (Å²) in [7, 11) is 0. The molecule has 1 amide bonds. The molecule has 2 rings (SSSR count). The second kappa shape index (κ2) is 7.05. The lowest BCUT2D eigenvalue weighted by molar-refractivity contribution is 0.0952. The van der Waals surface area contributed by atoms with Crippen LogP contribution in [-0.2, 0) is 0 Å². The van der Waals surface area contributed by atoms with Crippen molar-refractivity contribution in [2.24, 2.45) is 0 Å². The molecule has 20 heavy (non-hydrogen) atoms. The van der Waals surface area contributed by atoms with Gasteiger partial charge in [-0.05, 0) is 38.2 Å². The van der Waals surface area contributed by atoms with E-state index >= 15 is 0 Å². The average molecular weight is 274 g/mol. The molecule has 0 spiro atoms. The molecule has 0 radical (unpaired) electrons. The van der Waals surface area contributed by atoms with Gasteiger partial charge in [0.2, 0.25) is 0 Å². The van der Waals surface area contributed by atoms with Gasteiger partial charge in [0, 0.05) is 17.5 Å². The Kier molecular flexibility index (Phi) is 5.12. The van der Waals surface area contributed by atoms with E-state index in [0.717, 1.165) is 37.0 Å². The molecule has 1 aromatic carbocycles. The van der Waals surface area contributed by atoms with Gasteiger partial charge in [-0.3, -0.25) is 9.89 Å². The van der Waals surface area contributed by atoms with Crippen LogP contribution in [0.1, 0.15) is 30.6 Å². The Labute approximate surface area is 119 Å². The Bertz CT molecular complexity index is 560. The molecule has 1 heterocycles. The molecule has 108 valence electrons. The van der Waals surface area contributed by atoms with Crippen LogP contribution in [-0.4, -0.2) is 47.2 Å². The Morgan fingerprint density at radius 2 is 2.15 bits per heavy atom. The highest BCUT2D eigenvalue weighted by molar-refractivity contribution is 5.97. The third-order valence-corrected chi connectivity index (χ3v) is 3.54. The van der Waals surface area contributed by atoms with Crippen molar-refractivity contribution in [2.45, 2.75) is 20.3 Å². The SMILES string of the molecule is CCN(CC)CCCNC(=O)c1ccc2cn[nH]c2c1. The number of carbonyl (C=O) groups is 1. The van der Waals surface area contributed by atoms with Crippen LogP contribution >= 0.6 is 0 Å². The van der Waals surface area contributed by atoms with E-state index in [0.29, 0.717) is 12.1 Å². The van der Waals surface area contributed by atoms with E-state index in [2.05, 4.69) is 34.3 Å². The van der Waals surface area contributed by atoms with E-state index in [9.17, 15) is 4.79 Å². The van der Waals surface area contributed by atoms with Crippen molar-refractivity contribution < 1.29 is 4.79 Å². The number of hydrogen-bond donors (Lipinski definition) is 2. The molecule has 1 aromatic heterocycles. The van der Waals surface area contributed by atoms with Crippen molar-refractivity contribution in [3.63, 3.8) is 0 Å². The van der Waals surface area contributed by atoms with E-state index in [1.165, 1.54) is 0 Å². The summed E-state index contributed by atoms with van der Waals surface area (Å²) in [5.41, 5.74) is 1.56. The first-order valence-corrected chi connectivity index (χ1v) is 7.18. The molecule has 0 aliphatic carbocycles. The summed E-state index contributed by atoms with van der Waals surface area (Å²) in [6.07, 6.45) is 2.72. The van der Waals surface area contributed by atoms with E-state index in [-0.39, 0.29) is 5.91 Å². The molecule has 0 bridgehead atoms. The molecule has 0 saturated carbocycles. The highest BCUT2D eigenvalue weighted by Crippen LogP contribution is 2.12. The van der Waals surface area contributed by atoms with Crippen LogP contribution in [0, 0.1) is 0 Å². The van der Waals surface area contributed by atoms with Crippen LogP contribution in [0.3, 0.4) is 0 Å². The van der Waals surface area contributed by atoms with Gasteiger partial charge in [-0.2, -0.15) is 5.10 Å². The maximum Gasteiger partial charge on any atom is 0.251 e. The standard InChI is InChI=1S/C15H22N4O/c1-3-19(4-2)9-5-8-16-15(20)12-6-7-13-11-17-18-14(13)10-12/h6-7,10-11H,3-5,8-9H2,1-2H3,(H,16,20)(H,17,18). The summed E-state index contributed by atoms with van der Waals surface area (Å²) in [6.45, 7) is 8.15. The van der Waals surface area contributed by atoms with Gasteiger partial charge in [-0.1, -0.05) is 19.9 Å². The Balaban J connectivity index is 1.82. The summed E-state index contributed by atoms with van der Waals surface area (Å²) >= 11 is 0. The zero-order valence-electron chi connectivity index (χ0n) is 12.1. The third-order valence-electron chi connectivity index (χ3n) is 3.54. The average Bonchev–Trinajstić information content (AvgIpc) is 2.94. The van der Waals surface area contributed by atoms with Crippen molar-refractivity contribution in [3.05, 3.63) is 30.0 Å². The zero-order valence-corrected chi connectivity index (χ0v) is 12.1. The third kappa shape index (κ3) is 3.57. The van der Waals surface area contributed by atoms with Gasteiger partial charge >= 0.3 is 0 Å². The summed E-state index contributed by atoms with van der Waals surface area (Å²) in [5, 5.41) is 10.8. The minimum absolute atomic E-state index is 0.0268. The number of benzene rings is 1. The molecule has 0 unspecified atom stereocenters. The highest BCUT2D eigenvalue weighted by atomic mass is 16.1. The molecular formula is C15H22N4O. The van der Waals surface area contributed by atoms with Crippen molar-refractivity contribution in [3.8, 4) is 0 Å². The van der Waals surface area contributed by atoms with Crippen molar-refractivity contribution >= 4 is 16.8 Å². The first kappa shape index (κ1) is 14.5. The Morgan fingerprint density at radius 3 is 2.90 bits per heavy atom. The molecule has 0 aliphatic heterocycles. The van der Waals surface area contributed by atoms with E-state index in [1.54, 1.807) is 6.20 Å².